The third kappa shape index (κ3) is 1.62. The highest BCUT2D eigenvalue weighted by Gasteiger charge is 2.58. The van der Waals surface area contributed by atoms with E-state index in [-0.39, 0.29) is 10.8 Å². The van der Waals surface area contributed by atoms with Crippen molar-refractivity contribution in [2.24, 2.45) is 5.92 Å². The SMILES string of the molecule is Cc1ccc2c(c1)S(Cl)(C(F)(F)F)C(C1CC1)=C2. The molecule has 1 aromatic carbocycles. The van der Waals surface area contributed by atoms with Crippen LogP contribution in [-0.4, -0.2) is 5.51 Å². The molecule has 0 nitrogen and oxygen atoms in total. The van der Waals surface area contributed by atoms with Crippen LogP contribution in [0.4, 0.5) is 13.2 Å². The van der Waals surface area contributed by atoms with E-state index < -0.39 is 14.7 Å². The van der Waals surface area contributed by atoms with Crippen LogP contribution >= 0.6 is 19.9 Å². The average molecular weight is 293 g/mol. The number of benzene rings is 1. The summed E-state index contributed by atoms with van der Waals surface area (Å²) < 4.78 is 40.4. The van der Waals surface area contributed by atoms with Crippen molar-refractivity contribution in [3.8, 4) is 0 Å². The summed E-state index contributed by atoms with van der Waals surface area (Å²) >= 11 is 0. The number of hydrogen-bond donors (Lipinski definition) is 0. The first-order valence-corrected chi connectivity index (χ1v) is 8.21. The van der Waals surface area contributed by atoms with Gasteiger partial charge in [0.15, 0.2) is 0 Å². The van der Waals surface area contributed by atoms with Gasteiger partial charge < -0.3 is 0 Å². The summed E-state index contributed by atoms with van der Waals surface area (Å²) in [4.78, 5) is 0.691. The molecule has 0 N–H and O–H groups in total. The second-order valence-corrected chi connectivity index (χ2v) is 8.68. The summed E-state index contributed by atoms with van der Waals surface area (Å²) in [6.07, 6.45) is 3.33. The van der Waals surface area contributed by atoms with Gasteiger partial charge in [0.25, 0.3) is 0 Å². The summed E-state index contributed by atoms with van der Waals surface area (Å²) in [6, 6.07) is 5.17. The van der Waals surface area contributed by atoms with Crippen molar-refractivity contribution in [3.05, 3.63) is 34.2 Å². The highest BCUT2D eigenvalue weighted by Crippen LogP contribution is 2.82. The molecule has 3 rings (SSSR count). The normalized spacial score (nSPS) is 30.6. The van der Waals surface area contributed by atoms with Crippen molar-refractivity contribution in [1.29, 1.82) is 0 Å². The molecule has 18 heavy (non-hydrogen) atoms. The Balaban J connectivity index is 2.21. The average Bonchev–Trinajstić information content (AvgIpc) is 3.05. The highest BCUT2D eigenvalue weighted by atomic mass is 35.7. The first kappa shape index (κ1) is 12.4. The van der Waals surface area contributed by atoms with E-state index in [1.165, 1.54) is 0 Å². The number of halogens is 4. The van der Waals surface area contributed by atoms with Gasteiger partial charge in [-0.05, 0) is 73.8 Å². The second-order valence-electron chi connectivity index (χ2n) is 4.85. The summed E-state index contributed by atoms with van der Waals surface area (Å²) in [5.74, 6) is 0.0341. The van der Waals surface area contributed by atoms with Crippen molar-refractivity contribution in [2.75, 3.05) is 0 Å². The molecule has 1 heterocycles. The van der Waals surface area contributed by atoms with E-state index in [2.05, 4.69) is 0 Å². The first-order chi connectivity index (χ1) is 8.34. The van der Waals surface area contributed by atoms with Gasteiger partial charge in [-0.25, -0.2) is 0 Å². The fourth-order valence-corrected chi connectivity index (χ4v) is 5.81. The zero-order valence-electron chi connectivity index (χ0n) is 9.72. The fraction of sp³-hybridized carbons (Fsp3) is 0.385. The quantitative estimate of drug-likeness (QED) is 0.632. The third-order valence-corrected chi connectivity index (χ3v) is 7.65. The number of fused-ring (bicyclic) bond motifs is 1. The van der Waals surface area contributed by atoms with E-state index in [9.17, 15) is 13.2 Å². The van der Waals surface area contributed by atoms with Gasteiger partial charge in [0, 0.05) is 4.90 Å². The van der Waals surface area contributed by atoms with E-state index >= 15 is 0 Å². The molecule has 1 saturated carbocycles. The lowest BCUT2D eigenvalue weighted by Crippen LogP contribution is -2.17. The molecular weight excluding hydrogens is 281 g/mol. The Kier molecular flexibility index (Phi) is 2.55. The lowest BCUT2D eigenvalue weighted by molar-refractivity contribution is -0.0360. The van der Waals surface area contributed by atoms with Crippen molar-refractivity contribution in [3.63, 3.8) is 0 Å². The molecule has 0 spiro atoms. The topological polar surface area (TPSA) is 0 Å². The number of hydrogen-bond acceptors (Lipinski definition) is 0. The Bertz CT molecular complexity index is 546. The van der Waals surface area contributed by atoms with Gasteiger partial charge in [0.2, 0.25) is 0 Å². The number of rotatable bonds is 1. The van der Waals surface area contributed by atoms with Crippen LogP contribution < -0.4 is 0 Å². The molecule has 1 aromatic rings. The van der Waals surface area contributed by atoms with Gasteiger partial charge in [-0.1, -0.05) is 12.1 Å². The van der Waals surface area contributed by atoms with Crippen LogP contribution in [0.2, 0.25) is 0 Å². The van der Waals surface area contributed by atoms with Crippen LogP contribution in [-0.2, 0) is 0 Å². The van der Waals surface area contributed by atoms with Gasteiger partial charge in [-0.15, -0.1) is 0 Å². The fourth-order valence-electron chi connectivity index (χ4n) is 2.34. The molecule has 0 aromatic heterocycles. The predicted octanol–water partition coefficient (Wildman–Crippen LogP) is 5.60. The maximum atomic E-state index is 13.5. The maximum Gasteiger partial charge on any atom is 0.445 e. The molecule has 5 heteroatoms. The number of aryl methyl sites for hydroxylation is 1. The van der Waals surface area contributed by atoms with Crippen LogP contribution in [0.3, 0.4) is 0 Å². The highest BCUT2D eigenvalue weighted by molar-refractivity contribution is 8.54. The van der Waals surface area contributed by atoms with Crippen molar-refractivity contribution >= 4 is 26.0 Å². The molecule has 2 aliphatic rings. The smallest absolute Gasteiger partial charge is 0.160 e. The Hall–Kier alpha value is -0.610. The molecule has 0 bridgehead atoms. The van der Waals surface area contributed by atoms with Crippen molar-refractivity contribution in [2.45, 2.75) is 30.2 Å². The lowest BCUT2D eigenvalue weighted by Gasteiger charge is -2.34. The zero-order chi connectivity index (χ0) is 13.1. The monoisotopic (exact) mass is 292 g/mol. The number of allylic oxidation sites excluding steroid dienone is 1. The third-order valence-electron chi connectivity index (χ3n) is 3.39. The Morgan fingerprint density at radius 2 is 1.94 bits per heavy atom. The van der Waals surface area contributed by atoms with Gasteiger partial charge in [-0.2, -0.15) is 13.2 Å². The second kappa shape index (κ2) is 3.70. The van der Waals surface area contributed by atoms with Gasteiger partial charge in [0.05, 0.1) is 0 Å². The Labute approximate surface area is 110 Å². The predicted molar refractivity (Wildman–Crippen MR) is 69.6 cm³/mol. The van der Waals surface area contributed by atoms with Crippen LogP contribution in [0.15, 0.2) is 28.0 Å². The zero-order valence-corrected chi connectivity index (χ0v) is 11.3. The molecule has 0 radical (unpaired) electrons. The van der Waals surface area contributed by atoms with Gasteiger partial charge in [-0.3, -0.25) is 0 Å². The molecular formula is C13H12ClF3S. The van der Waals surface area contributed by atoms with Crippen molar-refractivity contribution in [1.82, 2.24) is 0 Å². The molecule has 1 fully saturated rings. The van der Waals surface area contributed by atoms with Crippen molar-refractivity contribution < 1.29 is 13.2 Å². The van der Waals surface area contributed by atoms with Crippen LogP contribution in [0.25, 0.3) is 6.08 Å². The number of alkyl halides is 3. The standard InChI is InChI=1S/C13H12ClF3S/c1-8-2-3-10-7-12(9-4-5-9)18(14,11(10)6-8)13(15,16)17/h2-3,6-7,9H,4-5H2,1H3. The summed E-state index contributed by atoms with van der Waals surface area (Å²) in [5, 5.41) is 0. The summed E-state index contributed by atoms with van der Waals surface area (Å²) in [6.45, 7) is 1.79. The minimum Gasteiger partial charge on any atom is -0.160 e. The molecule has 0 amide bonds. The summed E-state index contributed by atoms with van der Waals surface area (Å²) in [7, 11) is 2.79. The molecule has 1 unspecified atom stereocenters. The first-order valence-electron chi connectivity index (χ1n) is 5.75. The summed E-state index contributed by atoms with van der Waals surface area (Å²) in [5.41, 5.74) is -2.91. The lowest BCUT2D eigenvalue weighted by atomic mass is 10.1. The van der Waals surface area contributed by atoms with Crippen LogP contribution in [0, 0.1) is 12.8 Å². The largest absolute Gasteiger partial charge is 0.445 e. The molecule has 1 aliphatic heterocycles. The van der Waals surface area contributed by atoms with Crippen LogP contribution in [0.5, 0.6) is 0 Å². The van der Waals surface area contributed by atoms with Crippen LogP contribution in [0.1, 0.15) is 24.0 Å². The van der Waals surface area contributed by atoms with Gasteiger partial charge >= 0.3 is 5.51 Å². The van der Waals surface area contributed by atoms with E-state index in [0.717, 1.165) is 18.4 Å². The molecule has 1 atom stereocenters. The van der Waals surface area contributed by atoms with Gasteiger partial charge in [0.1, 0.15) is 0 Å². The molecule has 0 saturated heterocycles. The van der Waals surface area contributed by atoms with E-state index in [1.807, 2.05) is 6.07 Å². The van der Waals surface area contributed by atoms with E-state index in [1.54, 1.807) is 25.1 Å². The Morgan fingerprint density at radius 3 is 2.50 bits per heavy atom. The minimum atomic E-state index is -4.37. The minimum absolute atomic E-state index is 0.0341. The Morgan fingerprint density at radius 1 is 1.28 bits per heavy atom. The maximum absolute atomic E-state index is 13.5. The molecule has 1 aliphatic carbocycles. The van der Waals surface area contributed by atoms with E-state index in [4.69, 9.17) is 10.7 Å². The van der Waals surface area contributed by atoms with E-state index in [0.29, 0.717) is 10.5 Å². The molecule has 98 valence electrons.